The lowest BCUT2D eigenvalue weighted by molar-refractivity contribution is 0.242. The van der Waals surface area contributed by atoms with Gasteiger partial charge in [0.1, 0.15) is 11.6 Å². The van der Waals surface area contributed by atoms with E-state index >= 15 is 0 Å². The molecule has 0 heterocycles. The average molecular weight is 299 g/mol. The zero-order valence-corrected chi connectivity index (χ0v) is 12.1. The summed E-state index contributed by atoms with van der Waals surface area (Å²) in [5.41, 5.74) is 6.39. The Morgan fingerprint density at radius 2 is 2.06 bits per heavy atom. The first kappa shape index (κ1) is 14.0. The first-order chi connectivity index (χ1) is 7.79. The highest BCUT2D eigenvalue weighted by atomic mass is 79.9. The second kappa shape index (κ2) is 5.54. The molecule has 1 rings (SSSR count). The molecule has 0 aromatic heterocycles. The van der Waals surface area contributed by atoms with Crippen molar-refractivity contribution >= 4 is 21.8 Å². The molecular weight excluding hydrogens is 280 g/mol. The van der Waals surface area contributed by atoms with Crippen LogP contribution in [0.2, 0.25) is 0 Å². The Morgan fingerprint density at radius 1 is 1.41 bits per heavy atom. The van der Waals surface area contributed by atoms with Crippen molar-refractivity contribution in [2.45, 2.75) is 27.2 Å². The fraction of sp³-hybridized carbons (Fsp3) is 0.462. The molecule has 0 atom stereocenters. The standard InChI is InChI=1S/C13H19BrN2O/c1-13(2,3)6-7-17-11-8-9(14)4-5-10(11)12(15)16/h4-5,8H,6-7H2,1-3H3,(H3,15,16). The Labute approximate surface area is 111 Å². The van der Waals surface area contributed by atoms with Crippen LogP contribution in [0.4, 0.5) is 0 Å². The van der Waals surface area contributed by atoms with Crippen molar-refractivity contribution in [3.8, 4) is 5.75 Å². The van der Waals surface area contributed by atoms with Gasteiger partial charge in [0.25, 0.3) is 0 Å². The van der Waals surface area contributed by atoms with Crippen LogP contribution in [0.3, 0.4) is 0 Å². The van der Waals surface area contributed by atoms with Crippen molar-refractivity contribution < 1.29 is 4.74 Å². The molecule has 0 saturated heterocycles. The monoisotopic (exact) mass is 298 g/mol. The van der Waals surface area contributed by atoms with Crippen LogP contribution < -0.4 is 10.5 Å². The highest BCUT2D eigenvalue weighted by Crippen LogP contribution is 2.25. The number of rotatable bonds is 4. The molecule has 0 unspecified atom stereocenters. The van der Waals surface area contributed by atoms with E-state index in [4.69, 9.17) is 15.9 Å². The maximum absolute atomic E-state index is 7.49. The van der Waals surface area contributed by atoms with Crippen molar-refractivity contribution in [3.63, 3.8) is 0 Å². The molecule has 0 spiro atoms. The second-order valence-corrected chi connectivity index (χ2v) is 6.13. The zero-order chi connectivity index (χ0) is 13.1. The van der Waals surface area contributed by atoms with Crippen molar-refractivity contribution in [2.75, 3.05) is 6.61 Å². The largest absolute Gasteiger partial charge is 0.493 e. The molecule has 1 aromatic rings. The van der Waals surface area contributed by atoms with E-state index < -0.39 is 0 Å². The summed E-state index contributed by atoms with van der Waals surface area (Å²) in [6.07, 6.45) is 0.955. The van der Waals surface area contributed by atoms with Crippen molar-refractivity contribution in [2.24, 2.45) is 11.1 Å². The highest BCUT2D eigenvalue weighted by Gasteiger charge is 2.12. The predicted octanol–water partition coefficient (Wildman–Crippen LogP) is 3.55. The van der Waals surface area contributed by atoms with Crippen molar-refractivity contribution in [1.29, 1.82) is 5.41 Å². The van der Waals surface area contributed by atoms with Crippen LogP contribution in [-0.2, 0) is 0 Å². The smallest absolute Gasteiger partial charge is 0.131 e. The molecule has 0 aliphatic carbocycles. The van der Waals surface area contributed by atoms with Gasteiger partial charge in [-0.05, 0) is 30.0 Å². The molecule has 17 heavy (non-hydrogen) atoms. The van der Waals surface area contributed by atoms with Crippen molar-refractivity contribution in [3.05, 3.63) is 28.2 Å². The van der Waals surface area contributed by atoms with E-state index in [1.165, 1.54) is 0 Å². The van der Waals surface area contributed by atoms with Gasteiger partial charge >= 0.3 is 0 Å². The topological polar surface area (TPSA) is 59.1 Å². The molecule has 0 fully saturated rings. The van der Waals surface area contributed by atoms with Gasteiger partial charge in [0, 0.05) is 4.47 Å². The summed E-state index contributed by atoms with van der Waals surface area (Å²) in [6.45, 7) is 7.13. The molecule has 1 aromatic carbocycles. The van der Waals surface area contributed by atoms with Crippen LogP contribution in [-0.4, -0.2) is 12.4 Å². The van der Waals surface area contributed by atoms with Crippen LogP contribution in [0.5, 0.6) is 5.75 Å². The van der Waals surface area contributed by atoms with E-state index in [9.17, 15) is 0 Å². The number of amidine groups is 1. The molecule has 0 saturated carbocycles. The Bertz CT molecular complexity index is 410. The zero-order valence-electron chi connectivity index (χ0n) is 10.5. The Kier molecular flexibility index (Phi) is 4.57. The summed E-state index contributed by atoms with van der Waals surface area (Å²) in [4.78, 5) is 0. The maximum Gasteiger partial charge on any atom is 0.131 e. The average Bonchev–Trinajstić information content (AvgIpc) is 2.15. The first-order valence-electron chi connectivity index (χ1n) is 5.56. The van der Waals surface area contributed by atoms with Crippen LogP contribution >= 0.6 is 15.9 Å². The van der Waals surface area contributed by atoms with Crippen LogP contribution in [0.1, 0.15) is 32.8 Å². The number of ether oxygens (including phenoxy) is 1. The Morgan fingerprint density at radius 3 is 2.59 bits per heavy atom. The van der Waals surface area contributed by atoms with Crippen molar-refractivity contribution in [1.82, 2.24) is 0 Å². The molecule has 0 amide bonds. The highest BCUT2D eigenvalue weighted by molar-refractivity contribution is 9.10. The minimum Gasteiger partial charge on any atom is -0.493 e. The number of hydrogen-bond acceptors (Lipinski definition) is 2. The summed E-state index contributed by atoms with van der Waals surface area (Å²) >= 11 is 3.39. The van der Waals surface area contributed by atoms with Gasteiger partial charge in [-0.2, -0.15) is 0 Å². The van der Waals surface area contributed by atoms with Gasteiger partial charge in [-0.15, -0.1) is 0 Å². The van der Waals surface area contributed by atoms with Gasteiger partial charge in [0.05, 0.1) is 12.2 Å². The minimum atomic E-state index is 0.0308. The lowest BCUT2D eigenvalue weighted by atomic mass is 9.93. The summed E-state index contributed by atoms with van der Waals surface area (Å²) in [6, 6.07) is 5.49. The number of halogens is 1. The third-order valence-corrected chi connectivity index (χ3v) is 2.84. The van der Waals surface area contributed by atoms with Gasteiger partial charge in [-0.1, -0.05) is 36.7 Å². The number of nitrogens with one attached hydrogen (secondary N) is 1. The van der Waals surface area contributed by atoms with Gasteiger partial charge in [-0.25, -0.2) is 0 Å². The minimum absolute atomic E-state index is 0.0308. The SMILES string of the molecule is CC(C)(C)CCOc1cc(Br)ccc1C(=N)N. The summed E-state index contributed by atoms with van der Waals surface area (Å²) < 4.78 is 6.63. The predicted molar refractivity (Wildman–Crippen MR) is 74.7 cm³/mol. The van der Waals surface area contributed by atoms with E-state index in [-0.39, 0.29) is 11.3 Å². The molecule has 0 bridgehead atoms. The second-order valence-electron chi connectivity index (χ2n) is 5.21. The first-order valence-corrected chi connectivity index (χ1v) is 6.36. The molecule has 3 N–H and O–H groups in total. The van der Waals surface area contributed by atoms with E-state index in [1.807, 2.05) is 12.1 Å². The number of benzene rings is 1. The molecule has 3 nitrogen and oxygen atoms in total. The van der Waals surface area contributed by atoms with Crippen LogP contribution in [0, 0.1) is 10.8 Å². The van der Waals surface area contributed by atoms with Gasteiger partial charge in [0.2, 0.25) is 0 Å². The number of nitrogen functional groups attached to an aromatic ring is 1. The Balaban J connectivity index is 2.75. The maximum atomic E-state index is 7.49. The van der Waals surface area contributed by atoms with E-state index in [0.717, 1.165) is 10.9 Å². The lowest BCUT2D eigenvalue weighted by Gasteiger charge is -2.19. The Hall–Kier alpha value is -1.03. The normalized spacial score (nSPS) is 11.3. The molecular formula is C13H19BrN2O. The van der Waals surface area contributed by atoms with Gasteiger partial charge in [0.15, 0.2) is 0 Å². The van der Waals surface area contributed by atoms with Crippen LogP contribution in [0.25, 0.3) is 0 Å². The summed E-state index contributed by atoms with van der Waals surface area (Å²) in [7, 11) is 0. The number of hydrogen-bond donors (Lipinski definition) is 2. The quantitative estimate of drug-likeness (QED) is 0.660. The van der Waals surface area contributed by atoms with E-state index in [1.54, 1.807) is 6.07 Å². The van der Waals surface area contributed by atoms with E-state index in [0.29, 0.717) is 17.9 Å². The third-order valence-electron chi connectivity index (χ3n) is 2.34. The summed E-state index contributed by atoms with van der Waals surface area (Å²) in [5.74, 6) is 0.694. The number of nitrogens with two attached hydrogens (primary N) is 1. The molecule has 0 radical (unpaired) electrons. The fourth-order valence-electron chi connectivity index (χ4n) is 1.31. The van der Waals surface area contributed by atoms with Gasteiger partial charge in [-0.3, -0.25) is 5.41 Å². The summed E-state index contributed by atoms with van der Waals surface area (Å²) in [5, 5.41) is 7.49. The fourth-order valence-corrected chi connectivity index (χ4v) is 1.65. The molecule has 0 aliphatic heterocycles. The van der Waals surface area contributed by atoms with Gasteiger partial charge < -0.3 is 10.5 Å². The lowest BCUT2D eigenvalue weighted by Crippen LogP contribution is -2.15. The third kappa shape index (κ3) is 4.77. The molecule has 0 aliphatic rings. The van der Waals surface area contributed by atoms with Crippen LogP contribution in [0.15, 0.2) is 22.7 Å². The van der Waals surface area contributed by atoms with E-state index in [2.05, 4.69) is 36.7 Å². The molecule has 4 heteroatoms. The molecule has 94 valence electrons.